The van der Waals surface area contributed by atoms with Crippen LogP contribution in [0.3, 0.4) is 0 Å². The molecule has 1 aliphatic rings. The maximum absolute atomic E-state index is 2.29. The van der Waals surface area contributed by atoms with Crippen molar-refractivity contribution in [1.82, 2.24) is 0 Å². The van der Waals surface area contributed by atoms with E-state index >= 15 is 0 Å². The van der Waals surface area contributed by atoms with Crippen molar-refractivity contribution in [2.75, 3.05) is 13.1 Å². The Morgan fingerprint density at radius 3 is 2.33 bits per heavy atom. The fourth-order valence-electron chi connectivity index (χ4n) is 0.827. The van der Waals surface area contributed by atoms with Gasteiger partial charge >= 0.3 is 0 Å². The largest absolute Gasteiger partial charge is 0.323 e. The molecule has 1 nitrogen and oxygen atoms in total. The quantitative estimate of drug-likeness (QED) is 0.402. The summed E-state index contributed by atoms with van der Waals surface area (Å²) in [5.41, 5.74) is 0. The zero-order valence-corrected chi connectivity index (χ0v) is 4.49. The second kappa shape index (κ2) is 1.23. The van der Waals surface area contributed by atoms with Crippen LogP contribution in [-0.2, 0) is 0 Å². The lowest BCUT2D eigenvalue weighted by atomic mass is 10.6. The van der Waals surface area contributed by atoms with Gasteiger partial charge in [-0.05, 0) is 13.8 Å². The Bertz CT molecular complexity index is 49.9. The lowest BCUT2D eigenvalue weighted by molar-refractivity contribution is -0.770. The van der Waals surface area contributed by atoms with Gasteiger partial charge in [-0.3, -0.25) is 0 Å². The van der Waals surface area contributed by atoms with Crippen LogP contribution in [0.5, 0.6) is 0 Å². The van der Waals surface area contributed by atoms with E-state index < -0.39 is 0 Å². The summed E-state index contributed by atoms with van der Waals surface area (Å²) in [7, 11) is 0. The van der Waals surface area contributed by atoms with E-state index in [1.165, 1.54) is 13.1 Å². The Kier molecular flexibility index (Phi) is 0.845. The van der Waals surface area contributed by atoms with E-state index in [-0.39, 0.29) is 0 Å². The van der Waals surface area contributed by atoms with Gasteiger partial charge in [0.25, 0.3) is 0 Å². The molecule has 0 aromatic rings. The van der Waals surface area contributed by atoms with Crippen LogP contribution >= 0.6 is 0 Å². The van der Waals surface area contributed by atoms with Gasteiger partial charge in [0.1, 0.15) is 12.6 Å². The van der Waals surface area contributed by atoms with E-state index in [1.807, 2.05) is 0 Å². The van der Waals surface area contributed by atoms with Gasteiger partial charge in [-0.2, -0.15) is 0 Å². The van der Waals surface area contributed by atoms with Crippen molar-refractivity contribution in [2.24, 2.45) is 0 Å². The van der Waals surface area contributed by atoms with Crippen molar-refractivity contribution in [3.05, 3.63) is 0 Å². The summed E-state index contributed by atoms with van der Waals surface area (Å²) in [5.74, 6) is 0. The lowest BCUT2D eigenvalue weighted by Crippen LogP contribution is -2.93. The van der Waals surface area contributed by atoms with Gasteiger partial charge in [0.2, 0.25) is 0 Å². The third-order valence-corrected chi connectivity index (χ3v) is 1.56. The molecule has 1 heterocycles. The molecule has 2 atom stereocenters. The molecule has 0 saturated carbocycles. The number of hydrogen-bond donors (Lipinski definition) is 1. The number of quaternary nitrogens is 1. The highest BCUT2D eigenvalue weighted by Gasteiger charge is 2.32. The minimum Gasteiger partial charge on any atom is -0.323 e. The minimum absolute atomic E-state index is 0.981. The van der Waals surface area contributed by atoms with E-state index in [0.717, 1.165) is 6.04 Å². The molecule has 0 amide bonds. The van der Waals surface area contributed by atoms with Crippen molar-refractivity contribution in [3.8, 4) is 0 Å². The predicted molar refractivity (Wildman–Crippen MR) is 25.8 cm³/mol. The number of hydrogen-bond acceptors (Lipinski definition) is 0. The summed E-state index contributed by atoms with van der Waals surface area (Å²) in [6, 6.07) is 0.981. The molecule has 1 saturated heterocycles. The maximum atomic E-state index is 2.29. The van der Waals surface area contributed by atoms with Crippen LogP contribution in [-0.4, -0.2) is 19.1 Å². The Morgan fingerprint density at radius 1 is 1.83 bits per heavy atom. The fraction of sp³-hybridized carbons (Fsp3) is 1.00. The van der Waals surface area contributed by atoms with Crippen LogP contribution in [0.15, 0.2) is 0 Å². The molecule has 1 fully saturated rings. The van der Waals surface area contributed by atoms with Gasteiger partial charge in [0.15, 0.2) is 0 Å². The molecule has 0 aliphatic carbocycles. The maximum Gasteiger partial charge on any atom is 0.134 e. The van der Waals surface area contributed by atoms with Gasteiger partial charge in [0.05, 0.1) is 6.54 Å². The van der Waals surface area contributed by atoms with Crippen molar-refractivity contribution in [1.29, 1.82) is 0 Å². The van der Waals surface area contributed by atoms with E-state index in [4.69, 9.17) is 0 Å². The predicted octanol–water partition coefficient (Wildman–Crippen LogP) is -0.707. The standard InChI is InChI=1S/C5H11N/c1-3-6-4-5(6)2/h5H,3-4H2,1-2H3/p+1. The number of rotatable bonds is 1. The van der Waals surface area contributed by atoms with Gasteiger partial charge in [-0.1, -0.05) is 0 Å². The van der Waals surface area contributed by atoms with Crippen molar-refractivity contribution in [2.45, 2.75) is 19.9 Å². The SMILES string of the molecule is CC[NH+]1CC1C. The normalized spacial score (nSPS) is 43.0. The van der Waals surface area contributed by atoms with E-state index in [9.17, 15) is 0 Å². The molecule has 1 rings (SSSR count). The van der Waals surface area contributed by atoms with E-state index in [1.54, 1.807) is 4.90 Å². The molecule has 0 bridgehead atoms. The highest BCUT2D eigenvalue weighted by Crippen LogP contribution is 1.80. The Balaban J connectivity index is 2.09. The summed E-state index contributed by atoms with van der Waals surface area (Å²) >= 11 is 0. The molecular weight excluding hydrogens is 74.1 g/mol. The summed E-state index contributed by atoms with van der Waals surface area (Å²) in [6.07, 6.45) is 0. The topological polar surface area (TPSA) is 4.44 Å². The van der Waals surface area contributed by atoms with E-state index in [0.29, 0.717) is 0 Å². The van der Waals surface area contributed by atoms with Gasteiger partial charge in [-0.15, -0.1) is 0 Å². The van der Waals surface area contributed by atoms with Gasteiger partial charge in [0, 0.05) is 0 Å². The van der Waals surface area contributed by atoms with Crippen LogP contribution in [0.1, 0.15) is 13.8 Å². The number of likely N-dealkylation sites (N-methyl/N-ethyl adjacent to an activating group) is 1. The highest BCUT2D eigenvalue weighted by atomic mass is 15.3. The highest BCUT2D eigenvalue weighted by molar-refractivity contribution is 4.54. The van der Waals surface area contributed by atoms with Crippen LogP contribution in [0.2, 0.25) is 0 Å². The van der Waals surface area contributed by atoms with Crippen molar-refractivity contribution < 1.29 is 4.90 Å². The molecular formula is C5H12N+. The first-order valence-electron chi connectivity index (χ1n) is 2.69. The third kappa shape index (κ3) is 0.548. The smallest absolute Gasteiger partial charge is 0.134 e. The molecule has 1 N–H and O–H groups in total. The monoisotopic (exact) mass is 86.1 g/mol. The molecule has 0 aromatic heterocycles. The van der Waals surface area contributed by atoms with E-state index in [2.05, 4.69) is 13.8 Å². The molecule has 2 unspecified atom stereocenters. The summed E-state index contributed by atoms with van der Waals surface area (Å²) in [4.78, 5) is 1.76. The molecule has 0 aromatic carbocycles. The lowest BCUT2D eigenvalue weighted by Gasteiger charge is -1.83. The summed E-state index contributed by atoms with van der Waals surface area (Å²) in [5, 5.41) is 0. The Morgan fingerprint density at radius 2 is 2.33 bits per heavy atom. The fourth-order valence-corrected chi connectivity index (χ4v) is 0.827. The first kappa shape index (κ1) is 4.13. The zero-order chi connectivity index (χ0) is 4.57. The molecule has 1 aliphatic heterocycles. The first-order valence-corrected chi connectivity index (χ1v) is 2.69. The molecule has 6 heavy (non-hydrogen) atoms. The van der Waals surface area contributed by atoms with Crippen molar-refractivity contribution in [3.63, 3.8) is 0 Å². The Hall–Kier alpha value is -0.0400. The molecule has 0 radical (unpaired) electrons. The number of nitrogens with one attached hydrogen (secondary N) is 1. The summed E-state index contributed by atoms with van der Waals surface area (Å²) in [6.45, 7) is 7.26. The molecule has 36 valence electrons. The van der Waals surface area contributed by atoms with Gasteiger partial charge in [-0.25, -0.2) is 0 Å². The van der Waals surface area contributed by atoms with Crippen LogP contribution in [0.25, 0.3) is 0 Å². The van der Waals surface area contributed by atoms with Crippen LogP contribution in [0.4, 0.5) is 0 Å². The Labute approximate surface area is 39.0 Å². The van der Waals surface area contributed by atoms with Crippen molar-refractivity contribution >= 4 is 0 Å². The second-order valence-corrected chi connectivity index (χ2v) is 2.12. The molecule has 1 heteroatoms. The zero-order valence-electron chi connectivity index (χ0n) is 4.49. The minimum atomic E-state index is 0.981. The van der Waals surface area contributed by atoms with Gasteiger partial charge < -0.3 is 4.90 Å². The van der Waals surface area contributed by atoms with Crippen LogP contribution in [0, 0.1) is 0 Å². The second-order valence-electron chi connectivity index (χ2n) is 2.12. The molecule has 0 spiro atoms. The first-order chi connectivity index (χ1) is 2.84. The summed E-state index contributed by atoms with van der Waals surface area (Å²) < 4.78 is 0. The average Bonchev–Trinajstić information content (AvgIpc) is 2.19. The third-order valence-electron chi connectivity index (χ3n) is 1.56. The average molecular weight is 86.2 g/mol. The van der Waals surface area contributed by atoms with Crippen LogP contribution < -0.4 is 4.90 Å².